The Bertz CT molecular complexity index is 1090. The molecule has 4 rings (SSSR count). The molecule has 1 N–H and O–H groups in total. The number of fused-ring (bicyclic) bond motifs is 1. The average molecular weight is 443 g/mol. The molecule has 0 bridgehead atoms. The maximum Gasteiger partial charge on any atom is 0.416 e. The Morgan fingerprint density at radius 3 is 2.39 bits per heavy atom. The van der Waals surface area contributed by atoms with Gasteiger partial charge < -0.3 is 9.80 Å². The number of pyridine rings is 1. The molecule has 1 fully saturated rings. The number of alkyl halides is 3. The van der Waals surface area contributed by atoms with E-state index in [-0.39, 0.29) is 0 Å². The van der Waals surface area contributed by atoms with E-state index in [0.717, 1.165) is 34.4 Å². The molecule has 31 heavy (non-hydrogen) atoms. The number of nitrogens with one attached hydrogen (secondary N) is 1. The van der Waals surface area contributed by atoms with Gasteiger partial charge in [-0.2, -0.15) is 18.3 Å². The summed E-state index contributed by atoms with van der Waals surface area (Å²) in [5.41, 5.74) is 4.62. The van der Waals surface area contributed by atoms with Gasteiger partial charge in [0.2, 0.25) is 0 Å². The Balaban J connectivity index is 1.29. The van der Waals surface area contributed by atoms with Crippen molar-refractivity contribution in [2.24, 2.45) is 5.10 Å². The predicted molar refractivity (Wildman–Crippen MR) is 120 cm³/mol. The topological polar surface area (TPSA) is 43.8 Å². The zero-order chi connectivity index (χ0) is 21.8. The van der Waals surface area contributed by atoms with Gasteiger partial charge in [-0.25, -0.2) is 4.98 Å². The van der Waals surface area contributed by atoms with Gasteiger partial charge in [0.25, 0.3) is 0 Å². The lowest BCUT2D eigenvalue weighted by molar-refractivity contribution is -0.137. The second-order valence-electron chi connectivity index (χ2n) is 7.12. The number of anilines is 1. The van der Waals surface area contributed by atoms with Crippen molar-refractivity contribution in [3.8, 4) is 0 Å². The molecule has 0 aliphatic carbocycles. The molecule has 0 unspecified atom stereocenters. The van der Waals surface area contributed by atoms with Crippen LogP contribution in [0.1, 0.15) is 11.3 Å². The second kappa shape index (κ2) is 8.89. The van der Waals surface area contributed by atoms with Crippen LogP contribution in [0.5, 0.6) is 0 Å². The monoisotopic (exact) mass is 443 g/mol. The van der Waals surface area contributed by atoms with Gasteiger partial charge >= 0.3 is 6.18 Å². The molecular formula is C22H20F3N5S. The van der Waals surface area contributed by atoms with E-state index in [0.29, 0.717) is 31.3 Å². The van der Waals surface area contributed by atoms with E-state index in [1.807, 2.05) is 46.2 Å². The molecule has 0 atom stereocenters. The maximum absolute atomic E-state index is 12.7. The molecule has 1 saturated heterocycles. The smallest absolute Gasteiger partial charge is 0.368 e. The molecule has 3 aromatic rings. The summed E-state index contributed by atoms with van der Waals surface area (Å²) in [7, 11) is 0. The van der Waals surface area contributed by atoms with Crippen molar-refractivity contribution in [2.75, 3.05) is 31.1 Å². The third-order valence-corrected chi connectivity index (χ3v) is 5.45. The second-order valence-corrected chi connectivity index (χ2v) is 7.51. The number of hydrogen-bond acceptors (Lipinski definition) is 4. The molecule has 0 saturated carbocycles. The highest BCUT2D eigenvalue weighted by atomic mass is 32.1. The van der Waals surface area contributed by atoms with Gasteiger partial charge in [-0.05, 0) is 48.6 Å². The van der Waals surface area contributed by atoms with Gasteiger partial charge in [0.05, 0.1) is 23.0 Å². The summed E-state index contributed by atoms with van der Waals surface area (Å²) in [6, 6.07) is 17.0. The summed E-state index contributed by atoms with van der Waals surface area (Å²) >= 11 is 5.42. The van der Waals surface area contributed by atoms with Crippen LogP contribution >= 0.6 is 12.2 Å². The van der Waals surface area contributed by atoms with Crippen molar-refractivity contribution >= 4 is 40.1 Å². The Kier molecular flexibility index (Phi) is 6.03. The molecule has 5 nitrogen and oxygen atoms in total. The highest BCUT2D eigenvalue weighted by Crippen LogP contribution is 2.30. The lowest BCUT2D eigenvalue weighted by atomic mass is 10.1. The summed E-state index contributed by atoms with van der Waals surface area (Å²) in [5, 5.41) is 5.76. The van der Waals surface area contributed by atoms with Crippen molar-refractivity contribution in [3.05, 3.63) is 71.9 Å². The third kappa shape index (κ3) is 5.11. The van der Waals surface area contributed by atoms with Crippen molar-refractivity contribution in [2.45, 2.75) is 6.18 Å². The number of aromatic nitrogens is 1. The number of para-hydroxylation sites is 1. The van der Waals surface area contributed by atoms with Crippen LogP contribution in [-0.2, 0) is 6.18 Å². The summed E-state index contributed by atoms with van der Waals surface area (Å²) in [4.78, 5) is 8.56. The van der Waals surface area contributed by atoms with E-state index in [4.69, 9.17) is 12.2 Å². The van der Waals surface area contributed by atoms with Crippen molar-refractivity contribution < 1.29 is 13.2 Å². The molecule has 1 aliphatic heterocycles. The average Bonchev–Trinajstić information content (AvgIpc) is 2.78. The normalized spacial score (nSPS) is 14.9. The standard InChI is InChI=1S/C22H20F3N5S/c23-22(24,25)17-6-9-19(10-7-17)29-11-13-30(14-12-29)21(31)28-26-15-18-8-5-16-3-1-2-4-20(16)27-18/h1-10,15H,11-14H2,(H,28,31)/b26-15-. The van der Waals surface area contributed by atoms with E-state index in [2.05, 4.69) is 15.5 Å². The summed E-state index contributed by atoms with van der Waals surface area (Å²) < 4.78 is 38.2. The number of hydrazone groups is 1. The molecule has 1 aliphatic rings. The van der Waals surface area contributed by atoms with Gasteiger partial charge in [-0.3, -0.25) is 5.43 Å². The van der Waals surface area contributed by atoms with E-state index in [1.165, 1.54) is 12.1 Å². The minimum absolute atomic E-state index is 0.504. The number of hydrogen-bond donors (Lipinski definition) is 1. The zero-order valence-corrected chi connectivity index (χ0v) is 17.3. The highest BCUT2D eigenvalue weighted by Gasteiger charge is 2.30. The molecule has 9 heteroatoms. The summed E-state index contributed by atoms with van der Waals surface area (Å²) in [5.74, 6) is 0. The van der Waals surface area contributed by atoms with Crippen LogP contribution in [0.2, 0.25) is 0 Å². The van der Waals surface area contributed by atoms with Crippen LogP contribution in [0.3, 0.4) is 0 Å². The largest absolute Gasteiger partial charge is 0.416 e. The van der Waals surface area contributed by atoms with E-state index < -0.39 is 11.7 Å². The first kappa shape index (κ1) is 21.0. The maximum atomic E-state index is 12.7. The number of rotatable bonds is 3. The van der Waals surface area contributed by atoms with Crippen molar-refractivity contribution in [1.29, 1.82) is 0 Å². The number of thiocarbonyl (C=S) groups is 1. The van der Waals surface area contributed by atoms with Crippen LogP contribution in [0, 0.1) is 0 Å². The Labute approximate surface area is 183 Å². The fourth-order valence-electron chi connectivity index (χ4n) is 3.41. The van der Waals surface area contributed by atoms with Gasteiger partial charge in [0.1, 0.15) is 0 Å². The Morgan fingerprint density at radius 1 is 0.968 bits per heavy atom. The van der Waals surface area contributed by atoms with Crippen LogP contribution in [0.4, 0.5) is 18.9 Å². The van der Waals surface area contributed by atoms with Gasteiger partial charge in [0.15, 0.2) is 5.11 Å². The predicted octanol–water partition coefficient (Wildman–Crippen LogP) is 4.28. The van der Waals surface area contributed by atoms with Gasteiger partial charge in [0, 0.05) is 37.3 Å². The first-order valence-electron chi connectivity index (χ1n) is 9.76. The zero-order valence-electron chi connectivity index (χ0n) is 16.5. The van der Waals surface area contributed by atoms with Gasteiger partial charge in [-0.15, -0.1) is 0 Å². The van der Waals surface area contributed by atoms with Crippen LogP contribution in [0.25, 0.3) is 10.9 Å². The fourth-order valence-corrected chi connectivity index (χ4v) is 3.64. The quantitative estimate of drug-likeness (QED) is 0.372. The fraction of sp³-hybridized carbons (Fsp3) is 0.227. The van der Waals surface area contributed by atoms with Gasteiger partial charge in [-0.1, -0.05) is 24.3 Å². The Morgan fingerprint density at radius 2 is 1.68 bits per heavy atom. The lowest BCUT2D eigenvalue weighted by Crippen LogP contribution is -2.51. The number of nitrogens with zero attached hydrogens (tertiary/aromatic N) is 4. The lowest BCUT2D eigenvalue weighted by Gasteiger charge is -2.37. The van der Waals surface area contributed by atoms with Crippen LogP contribution in [-0.4, -0.2) is 47.4 Å². The van der Waals surface area contributed by atoms with E-state index in [9.17, 15) is 13.2 Å². The van der Waals surface area contributed by atoms with E-state index >= 15 is 0 Å². The number of piperazine rings is 1. The first-order chi connectivity index (χ1) is 14.9. The third-order valence-electron chi connectivity index (χ3n) is 5.10. The minimum atomic E-state index is -4.32. The molecule has 1 aromatic heterocycles. The molecule has 0 spiro atoms. The Hall–Kier alpha value is -3.20. The SMILES string of the molecule is FC(F)(F)c1ccc(N2CCN(C(=S)N/N=C\c3ccc4ccccc4n3)CC2)cc1. The molecule has 0 amide bonds. The van der Waals surface area contributed by atoms with Crippen LogP contribution < -0.4 is 10.3 Å². The molecule has 2 aromatic carbocycles. The summed E-state index contributed by atoms with van der Waals surface area (Å²) in [6.07, 6.45) is -2.70. The van der Waals surface area contributed by atoms with E-state index in [1.54, 1.807) is 6.21 Å². The number of benzene rings is 2. The molecule has 2 heterocycles. The van der Waals surface area contributed by atoms with Crippen molar-refractivity contribution in [1.82, 2.24) is 15.3 Å². The van der Waals surface area contributed by atoms with Crippen LogP contribution in [0.15, 0.2) is 65.8 Å². The van der Waals surface area contributed by atoms with Crippen molar-refractivity contribution in [3.63, 3.8) is 0 Å². The summed E-state index contributed by atoms with van der Waals surface area (Å²) in [6.45, 7) is 2.61. The minimum Gasteiger partial charge on any atom is -0.368 e. The first-order valence-corrected chi connectivity index (χ1v) is 10.2. The highest BCUT2D eigenvalue weighted by molar-refractivity contribution is 7.80. The molecular weight excluding hydrogens is 423 g/mol. The number of halogens is 3. The molecule has 0 radical (unpaired) electrons. The molecule has 160 valence electrons.